The van der Waals surface area contributed by atoms with Crippen molar-refractivity contribution < 1.29 is 14.3 Å². The molecule has 1 aliphatic heterocycles. The standard InChI is InChI=1S/C20H21N3O3/c24-20(22-17-9-16(10-17)12-23-8-7-21-13-23)4-2-1-3-15-5-6-18-19(11-15)26-14-25-18/h1-8,11,13,16-17H,9-10,12,14H2,(H,22,24)/b3-1+,4-2+. The van der Waals surface area contributed by atoms with Crippen LogP contribution in [0.4, 0.5) is 0 Å². The summed E-state index contributed by atoms with van der Waals surface area (Å²) in [5.74, 6) is 2.09. The van der Waals surface area contributed by atoms with Crippen molar-refractivity contribution in [2.75, 3.05) is 6.79 Å². The number of carbonyl (C=O) groups excluding carboxylic acids is 1. The summed E-state index contributed by atoms with van der Waals surface area (Å²) in [5.41, 5.74) is 1.00. The average molecular weight is 351 g/mol. The Kier molecular flexibility index (Phi) is 4.73. The minimum Gasteiger partial charge on any atom is -0.454 e. The molecule has 0 bridgehead atoms. The Morgan fingerprint density at radius 1 is 1.27 bits per heavy atom. The smallest absolute Gasteiger partial charge is 0.244 e. The second kappa shape index (κ2) is 7.47. The number of amides is 1. The van der Waals surface area contributed by atoms with Crippen LogP contribution in [0, 0.1) is 5.92 Å². The number of aromatic nitrogens is 2. The van der Waals surface area contributed by atoms with Gasteiger partial charge in [0.15, 0.2) is 11.5 Å². The normalized spacial score (nSPS) is 21.2. The minimum absolute atomic E-state index is 0.0496. The first kappa shape index (κ1) is 16.4. The van der Waals surface area contributed by atoms with Crippen LogP contribution >= 0.6 is 0 Å². The van der Waals surface area contributed by atoms with Crippen LogP contribution in [-0.2, 0) is 11.3 Å². The van der Waals surface area contributed by atoms with Crippen molar-refractivity contribution in [3.63, 3.8) is 0 Å². The van der Waals surface area contributed by atoms with Crippen LogP contribution in [0.2, 0.25) is 0 Å². The van der Waals surface area contributed by atoms with Crippen LogP contribution in [0.3, 0.4) is 0 Å². The van der Waals surface area contributed by atoms with E-state index in [2.05, 4.69) is 14.9 Å². The van der Waals surface area contributed by atoms with E-state index >= 15 is 0 Å². The molecule has 1 aliphatic carbocycles. The molecule has 2 heterocycles. The number of ether oxygens (including phenoxy) is 2. The van der Waals surface area contributed by atoms with Gasteiger partial charge in [0.2, 0.25) is 12.7 Å². The third-order valence-electron chi connectivity index (χ3n) is 4.65. The number of fused-ring (bicyclic) bond motifs is 1. The van der Waals surface area contributed by atoms with Crippen molar-refractivity contribution in [1.29, 1.82) is 0 Å². The predicted molar refractivity (Wildman–Crippen MR) is 97.6 cm³/mol. The molecule has 6 heteroatoms. The lowest BCUT2D eigenvalue weighted by atomic mass is 9.80. The van der Waals surface area contributed by atoms with Gasteiger partial charge in [0.25, 0.3) is 0 Å². The molecule has 0 unspecified atom stereocenters. The highest BCUT2D eigenvalue weighted by Crippen LogP contribution is 2.32. The Morgan fingerprint density at radius 3 is 3.00 bits per heavy atom. The van der Waals surface area contributed by atoms with Gasteiger partial charge in [-0.25, -0.2) is 4.98 Å². The van der Waals surface area contributed by atoms with E-state index in [1.54, 1.807) is 18.3 Å². The lowest BCUT2D eigenvalue weighted by molar-refractivity contribution is -0.118. The molecule has 0 spiro atoms. The number of benzene rings is 1. The number of rotatable bonds is 6. The molecular weight excluding hydrogens is 330 g/mol. The highest BCUT2D eigenvalue weighted by molar-refractivity contribution is 5.88. The Balaban J connectivity index is 1.19. The summed E-state index contributed by atoms with van der Waals surface area (Å²) < 4.78 is 12.7. The summed E-state index contributed by atoms with van der Waals surface area (Å²) in [6, 6.07) is 6.03. The second-order valence-corrected chi connectivity index (χ2v) is 6.63. The summed E-state index contributed by atoms with van der Waals surface area (Å²) in [5, 5.41) is 3.04. The number of imidazole rings is 1. The number of carbonyl (C=O) groups is 1. The number of nitrogens with zero attached hydrogens (tertiary/aromatic N) is 2. The van der Waals surface area contributed by atoms with E-state index in [4.69, 9.17) is 9.47 Å². The van der Waals surface area contributed by atoms with E-state index < -0.39 is 0 Å². The SMILES string of the molecule is O=C(/C=C/C=C/c1ccc2c(c1)OCO2)NC1CC(Cn2ccnc2)C1. The van der Waals surface area contributed by atoms with E-state index in [1.165, 1.54) is 0 Å². The zero-order chi connectivity index (χ0) is 17.8. The van der Waals surface area contributed by atoms with Crippen LogP contribution in [0.5, 0.6) is 11.5 Å². The molecule has 1 saturated carbocycles. The predicted octanol–water partition coefficient (Wildman–Crippen LogP) is 2.78. The molecule has 4 rings (SSSR count). The van der Waals surface area contributed by atoms with Gasteiger partial charge >= 0.3 is 0 Å². The third kappa shape index (κ3) is 3.96. The van der Waals surface area contributed by atoms with E-state index in [1.807, 2.05) is 42.9 Å². The van der Waals surface area contributed by atoms with Gasteiger partial charge in [-0.2, -0.15) is 0 Å². The molecule has 1 amide bonds. The van der Waals surface area contributed by atoms with Crippen molar-refractivity contribution in [2.45, 2.75) is 25.4 Å². The molecule has 6 nitrogen and oxygen atoms in total. The maximum Gasteiger partial charge on any atom is 0.244 e. The summed E-state index contributed by atoms with van der Waals surface area (Å²) in [4.78, 5) is 16.0. The molecule has 1 N–H and O–H groups in total. The van der Waals surface area contributed by atoms with Gasteiger partial charge in [0, 0.05) is 31.1 Å². The Labute approximate surface area is 152 Å². The van der Waals surface area contributed by atoms with Crippen LogP contribution in [0.1, 0.15) is 18.4 Å². The fraction of sp³-hybridized carbons (Fsp3) is 0.300. The van der Waals surface area contributed by atoms with Crippen molar-refractivity contribution in [2.24, 2.45) is 5.92 Å². The van der Waals surface area contributed by atoms with Gasteiger partial charge < -0.3 is 19.4 Å². The first-order chi connectivity index (χ1) is 12.8. The molecule has 2 aliphatic rings. The number of hydrogen-bond acceptors (Lipinski definition) is 4. The molecule has 0 atom stereocenters. The zero-order valence-electron chi connectivity index (χ0n) is 14.4. The molecule has 2 aromatic rings. The van der Waals surface area contributed by atoms with E-state index in [0.29, 0.717) is 5.92 Å². The van der Waals surface area contributed by atoms with Gasteiger partial charge in [0.1, 0.15) is 0 Å². The Bertz CT molecular complexity index is 821. The average Bonchev–Trinajstić information content (AvgIpc) is 3.27. The molecule has 26 heavy (non-hydrogen) atoms. The lowest BCUT2D eigenvalue weighted by Gasteiger charge is -2.35. The zero-order valence-corrected chi connectivity index (χ0v) is 14.4. The molecule has 0 saturated heterocycles. The summed E-state index contributed by atoms with van der Waals surface area (Å²) in [6.07, 6.45) is 14.7. The summed E-state index contributed by atoms with van der Waals surface area (Å²) in [6.45, 7) is 1.24. The lowest BCUT2D eigenvalue weighted by Crippen LogP contribution is -2.44. The van der Waals surface area contributed by atoms with Gasteiger partial charge in [-0.15, -0.1) is 0 Å². The van der Waals surface area contributed by atoms with Crippen LogP contribution in [0.25, 0.3) is 6.08 Å². The van der Waals surface area contributed by atoms with Gasteiger partial charge in [-0.05, 0) is 36.5 Å². The third-order valence-corrected chi connectivity index (χ3v) is 4.65. The molecule has 1 fully saturated rings. The van der Waals surface area contributed by atoms with Gasteiger partial charge in [-0.1, -0.05) is 24.3 Å². The molecule has 0 radical (unpaired) electrons. The van der Waals surface area contributed by atoms with E-state index in [-0.39, 0.29) is 18.7 Å². The van der Waals surface area contributed by atoms with E-state index in [0.717, 1.165) is 36.4 Å². The van der Waals surface area contributed by atoms with Crippen molar-refractivity contribution in [3.8, 4) is 11.5 Å². The highest BCUT2D eigenvalue weighted by Gasteiger charge is 2.29. The maximum atomic E-state index is 12.0. The maximum absolute atomic E-state index is 12.0. The fourth-order valence-corrected chi connectivity index (χ4v) is 3.27. The molecule has 1 aromatic carbocycles. The van der Waals surface area contributed by atoms with E-state index in [9.17, 15) is 4.79 Å². The fourth-order valence-electron chi connectivity index (χ4n) is 3.27. The first-order valence-corrected chi connectivity index (χ1v) is 8.77. The van der Waals surface area contributed by atoms with Crippen LogP contribution < -0.4 is 14.8 Å². The van der Waals surface area contributed by atoms with Crippen molar-refractivity contribution in [3.05, 3.63) is 60.7 Å². The van der Waals surface area contributed by atoms with Gasteiger partial charge in [0.05, 0.1) is 6.33 Å². The van der Waals surface area contributed by atoms with Crippen LogP contribution in [-0.4, -0.2) is 28.3 Å². The first-order valence-electron chi connectivity index (χ1n) is 8.77. The second-order valence-electron chi connectivity index (χ2n) is 6.63. The quantitative estimate of drug-likeness (QED) is 0.642. The van der Waals surface area contributed by atoms with Crippen LogP contribution in [0.15, 0.2) is 55.1 Å². The number of allylic oxidation sites excluding steroid dienone is 2. The van der Waals surface area contributed by atoms with Gasteiger partial charge in [-0.3, -0.25) is 4.79 Å². The summed E-state index contributed by atoms with van der Waals surface area (Å²) >= 11 is 0. The van der Waals surface area contributed by atoms with Crippen molar-refractivity contribution in [1.82, 2.24) is 14.9 Å². The number of hydrogen-bond donors (Lipinski definition) is 1. The summed E-state index contributed by atoms with van der Waals surface area (Å²) in [7, 11) is 0. The minimum atomic E-state index is -0.0496. The molecular formula is C20H21N3O3. The molecule has 1 aromatic heterocycles. The number of nitrogens with one attached hydrogen (secondary N) is 1. The monoisotopic (exact) mass is 351 g/mol. The largest absolute Gasteiger partial charge is 0.454 e. The highest BCUT2D eigenvalue weighted by atomic mass is 16.7. The topological polar surface area (TPSA) is 65.4 Å². The van der Waals surface area contributed by atoms with Crippen molar-refractivity contribution >= 4 is 12.0 Å². The Hall–Kier alpha value is -3.02. The Morgan fingerprint density at radius 2 is 2.15 bits per heavy atom. The molecule has 134 valence electrons.